The van der Waals surface area contributed by atoms with E-state index in [0.29, 0.717) is 12.8 Å². The first kappa shape index (κ1) is 12.7. The van der Waals surface area contributed by atoms with Gasteiger partial charge in [0.15, 0.2) is 5.92 Å². The van der Waals surface area contributed by atoms with Crippen LogP contribution in [0.4, 0.5) is 0 Å². The molecule has 16 heavy (non-hydrogen) atoms. The quantitative estimate of drug-likeness (QED) is 0.426. The second kappa shape index (κ2) is 5.65. The summed E-state index contributed by atoms with van der Waals surface area (Å²) in [6.45, 7) is 0. The van der Waals surface area contributed by atoms with E-state index in [1.165, 1.54) is 14.2 Å². The molecular formula is C11H16O5. The van der Waals surface area contributed by atoms with Gasteiger partial charge in [0.25, 0.3) is 0 Å². The van der Waals surface area contributed by atoms with Crippen LogP contribution in [0.5, 0.6) is 0 Å². The fraction of sp³-hybridized carbons (Fsp3) is 0.636. The fourth-order valence-electron chi connectivity index (χ4n) is 1.80. The molecule has 0 aromatic carbocycles. The lowest BCUT2D eigenvalue weighted by molar-refractivity contribution is -0.161. The summed E-state index contributed by atoms with van der Waals surface area (Å²) in [5, 5.41) is 9.28. The normalized spacial score (nSPS) is 24.2. The Balaban J connectivity index is 2.81. The minimum Gasteiger partial charge on any atom is -0.468 e. The summed E-state index contributed by atoms with van der Waals surface area (Å²) >= 11 is 0. The third-order valence-electron chi connectivity index (χ3n) is 2.71. The Hall–Kier alpha value is -1.36. The molecule has 0 bridgehead atoms. The van der Waals surface area contributed by atoms with Crippen molar-refractivity contribution in [2.24, 2.45) is 11.8 Å². The van der Waals surface area contributed by atoms with E-state index in [2.05, 4.69) is 9.47 Å². The maximum absolute atomic E-state index is 11.5. The van der Waals surface area contributed by atoms with Crippen molar-refractivity contribution in [3.63, 3.8) is 0 Å². The van der Waals surface area contributed by atoms with E-state index in [-0.39, 0.29) is 5.92 Å². The van der Waals surface area contributed by atoms with Crippen LogP contribution < -0.4 is 0 Å². The second-order valence-corrected chi connectivity index (χ2v) is 3.72. The van der Waals surface area contributed by atoms with Gasteiger partial charge in [-0.15, -0.1) is 0 Å². The molecule has 0 unspecified atom stereocenters. The Morgan fingerprint density at radius 3 is 2.12 bits per heavy atom. The molecule has 1 rings (SSSR count). The van der Waals surface area contributed by atoms with Gasteiger partial charge in [0.05, 0.1) is 20.3 Å². The van der Waals surface area contributed by atoms with E-state index in [1.807, 2.05) is 0 Å². The highest BCUT2D eigenvalue weighted by atomic mass is 16.5. The molecule has 0 saturated carbocycles. The highest BCUT2D eigenvalue weighted by Crippen LogP contribution is 2.26. The Bertz CT molecular complexity index is 281. The van der Waals surface area contributed by atoms with Crippen LogP contribution in [-0.4, -0.2) is 37.4 Å². The summed E-state index contributed by atoms with van der Waals surface area (Å²) < 4.78 is 9.16. The van der Waals surface area contributed by atoms with Crippen LogP contribution in [0, 0.1) is 11.8 Å². The molecule has 1 aliphatic rings. The van der Waals surface area contributed by atoms with Crippen molar-refractivity contribution in [3.8, 4) is 0 Å². The van der Waals surface area contributed by atoms with Gasteiger partial charge in [0.2, 0.25) is 0 Å². The van der Waals surface area contributed by atoms with E-state index in [0.717, 1.165) is 0 Å². The third kappa shape index (κ3) is 2.82. The van der Waals surface area contributed by atoms with Gasteiger partial charge < -0.3 is 14.6 Å². The van der Waals surface area contributed by atoms with Gasteiger partial charge in [0.1, 0.15) is 0 Å². The summed E-state index contributed by atoms with van der Waals surface area (Å²) in [5.74, 6) is -2.39. The van der Waals surface area contributed by atoms with Crippen LogP contribution in [-0.2, 0) is 19.1 Å². The summed E-state index contributed by atoms with van der Waals surface area (Å²) in [6, 6.07) is 0. The Morgan fingerprint density at radius 1 is 1.19 bits per heavy atom. The van der Waals surface area contributed by atoms with Crippen molar-refractivity contribution in [3.05, 3.63) is 12.2 Å². The first-order valence-corrected chi connectivity index (χ1v) is 5.12. The topological polar surface area (TPSA) is 72.8 Å². The average molecular weight is 228 g/mol. The van der Waals surface area contributed by atoms with E-state index >= 15 is 0 Å². The SMILES string of the molecule is COC(=O)C(C(=O)OC)[C@H]1C=C[C@@H](O)CC1. The van der Waals surface area contributed by atoms with Crippen molar-refractivity contribution in [1.82, 2.24) is 0 Å². The number of aliphatic hydroxyl groups excluding tert-OH is 1. The average Bonchev–Trinajstić information content (AvgIpc) is 2.31. The lowest BCUT2D eigenvalue weighted by Gasteiger charge is -2.24. The molecule has 0 spiro atoms. The van der Waals surface area contributed by atoms with Crippen molar-refractivity contribution in [1.29, 1.82) is 0 Å². The van der Waals surface area contributed by atoms with E-state index < -0.39 is 24.0 Å². The number of ether oxygens (including phenoxy) is 2. The second-order valence-electron chi connectivity index (χ2n) is 3.72. The van der Waals surface area contributed by atoms with Crippen molar-refractivity contribution in [2.75, 3.05) is 14.2 Å². The minimum absolute atomic E-state index is 0.261. The molecule has 0 saturated heterocycles. The molecule has 0 aromatic heterocycles. The molecule has 0 fully saturated rings. The molecule has 0 aliphatic heterocycles. The summed E-state index contributed by atoms with van der Waals surface area (Å²) in [7, 11) is 2.47. The maximum Gasteiger partial charge on any atom is 0.320 e. The number of esters is 2. The van der Waals surface area contributed by atoms with Crippen LogP contribution in [0.2, 0.25) is 0 Å². The van der Waals surface area contributed by atoms with Crippen LogP contribution >= 0.6 is 0 Å². The zero-order valence-electron chi connectivity index (χ0n) is 9.38. The van der Waals surface area contributed by atoms with Crippen molar-refractivity contribution in [2.45, 2.75) is 18.9 Å². The van der Waals surface area contributed by atoms with E-state index in [4.69, 9.17) is 0 Å². The summed E-state index contributed by atoms with van der Waals surface area (Å²) in [5.41, 5.74) is 0. The largest absolute Gasteiger partial charge is 0.468 e. The molecule has 2 atom stereocenters. The third-order valence-corrected chi connectivity index (χ3v) is 2.71. The molecule has 0 amide bonds. The maximum atomic E-state index is 11.5. The first-order chi connectivity index (χ1) is 7.60. The van der Waals surface area contributed by atoms with Crippen LogP contribution in [0.25, 0.3) is 0 Å². The molecule has 5 heteroatoms. The van der Waals surface area contributed by atoms with Gasteiger partial charge in [-0.2, -0.15) is 0 Å². The minimum atomic E-state index is -0.932. The molecule has 0 radical (unpaired) electrons. The standard InChI is InChI=1S/C11H16O5/c1-15-10(13)9(11(14)16-2)7-3-5-8(12)6-4-7/h3,5,7-9,12H,4,6H2,1-2H3/t7-,8+/m0/s1. The monoisotopic (exact) mass is 228 g/mol. The summed E-state index contributed by atoms with van der Waals surface area (Å²) in [6.07, 6.45) is 3.87. The number of allylic oxidation sites excluding steroid dienone is 1. The molecule has 5 nitrogen and oxygen atoms in total. The highest BCUT2D eigenvalue weighted by molar-refractivity contribution is 5.95. The van der Waals surface area contributed by atoms with Gasteiger partial charge in [0, 0.05) is 5.92 Å². The van der Waals surface area contributed by atoms with Crippen LogP contribution in [0.1, 0.15) is 12.8 Å². The van der Waals surface area contributed by atoms with Gasteiger partial charge in [-0.25, -0.2) is 0 Å². The molecule has 0 heterocycles. The number of rotatable bonds is 3. The first-order valence-electron chi connectivity index (χ1n) is 5.12. The van der Waals surface area contributed by atoms with E-state index in [1.54, 1.807) is 12.2 Å². The summed E-state index contributed by atoms with van der Waals surface area (Å²) in [4.78, 5) is 22.9. The Labute approximate surface area is 94.0 Å². The smallest absolute Gasteiger partial charge is 0.320 e. The predicted octanol–water partition coefficient (Wildman–Crippen LogP) is 0.276. The Kier molecular flexibility index (Phi) is 4.49. The predicted molar refractivity (Wildman–Crippen MR) is 55.4 cm³/mol. The number of methoxy groups -OCH3 is 2. The molecule has 1 N–H and O–H groups in total. The number of aliphatic hydroxyl groups is 1. The van der Waals surface area contributed by atoms with E-state index in [9.17, 15) is 14.7 Å². The van der Waals surface area contributed by atoms with Crippen LogP contribution in [0.3, 0.4) is 0 Å². The molecule has 1 aliphatic carbocycles. The Morgan fingerprint density at radius 2 is 1.75 bits per heavy atom. The zero-order valence-corrected chi connectivity index (χ0v) is 9.38. The van der Waals surface area contributed by atoms with Gasteiger partial charge in [-0.1, -0.05) is 12.2 Å². The lowest BCUT2D eigenvalue weighted by Crippen LogP contribution is -2.34. The molecule has 90 valence electrons. The zero-order chi connectivity index (χ0) is 12.1. The van der Waals surface area contributed by atoms with Crippen molar-refractivity contribution >= 4 is 11.9 Å². The fourth-order valence-corrected chi connectivity index (χ4v) is 1.80. The van der Waals surface area contributed by atoms with Gasteiger partial charge in [-0.05, 0) is 12.8 Å². The van der Waals surface area contributed by atoms with Crippen LogP contribution in [0.15, 0.2) is 12.2 Å². The number of hydrogen-bond donors (Lipinski definition) is 1. The number of hydrogen-bond acceptors (Lipinski definition) is 5. The van der Waals surface area contributed by atoms with Crippen molar-refractivity contribution < 1.29 is 24.2 Å². The molecular weight excluding hydrogens is 212 g/mol. The molecule has 0 aromatic rings. The van der Waals surface area contributed by atoms with Gasteiger partial charge >= 0.3 is 11.9 Å². The number of carbonyl (C=O) groups is 2. The lowest BCUT2D eigenvalue weighted by atomic mass is 9.83. The highest BCUT2D eigenvalue weighted by Gasteiger charge is 2.36. The van der Waals surface area contributed by atoms with Gasteiger partial charge in [-0.3, -0.25) is 9.59 Å². The number of carbonyl (C=O) groups excluding carboxylic acids is 2.